The lowest BCUT2D eigenvalue weighted by molar-refractivity contribution is -0.124. The van der Waals surface area contributed by atoms with Crippen LogP contribution < -0.4 is 5.32 Å². The molecule has 0 aliphatic carbocycles. The van der Waals surface area contributed by atoms with Crippen LogP contribution in [0, 0.1) is 13.8 Å². The van der Waals surface area contributed by atoms with Gasteiger partial charge in [0, 0.05) is 6.54 Å². The van der Waals surface area contributed by atoms with E-state index >= 15 is 0 Å². The van der Waals surface area contributed by atoms with Crippen molar-refractivity contribution >= 4 is 11.9 Å². The molecule has 2 aromatic carbocycles. The zero-order chi connectivity index (χ0) is 17.4. The molecule has 0 bridgehead atoms. The van der Waals surface area contributed by atoms with E-state index in [0.29, 0.717) is 12.1 Å². The van der Waals surface area contributed by atoms with E-state index in [1.54, 1.807) is 12.1 Å². The molecule has 0 aliphatic heterocycles. The van der Waals surface area contributed by atoms with Crippen molar-refractivity contribution in [3.63, 3.8) is 0 Å². The maximum atomic E-state index is 11.9. The summed E-state index contributed by atoms with van der Waals surface area (Å²) >= 11 is 0. The Labute approximate surface area is 142 Å². The van der Waals surface area contributed by atoms with Gasteiger partial charge in [-0.2, -0.15) is 0 Å². The lowest BCUT2D eigenvalue weighted by Crippen LogP contribution is -2.29. The third-order valence-electron chi connectivity index (χ3n) is 3.88. The molecule has 1 amide bonds. The Morgan fingerprint density at radius 3 is 2.46 bits per heavy atom. The second kappa shape index (κ2) is 8.87. The van der Waals surface area contributed by atoms with E-state index < -0.39 is 5.97 Å². The van der Waals surface area contributed by atoms with Crippen molar-refractivity contribution in [2.45, 2.75) is 26.7 Å². The first-order chi connectivity index (χ1) is 11.6. The predicted molar refractivity (Wildman–Crippen MR) is 94.0 cm³/mol. The lowest BCUT2D eigenvalue weighted by Gasteiger charge is -2.08. The number of amides is 1. The van der Waals surface area contributed by atoms with Crippen LogP contribution in [0.15, 0.2) is 48.5 Å². The molecule has 4 heteroatoms. The highest BCUT2D eigenvalue weighted by Crippen LogP contribution is 2.10. The molecule has 4 nitrogen and oxygen atoms in total. The molecule has 0 unspecified atom stereocenters. The van der Waals surface area contributed by atoms with E-state index in [-0.39, 0.29) is 12.5 Å². The normalized spacial score (nSPS) is 10.2. The minimum atomic E-state index is -0.475. The molecule has 0 radical (unpaired) electrons. The van der Waals surface area contributed by atoms with Crippen molar-refractivity contribution < 1.29 is 14.3 Å². The molecule has 0 atom stereocenters. The Kier molecular flexibility index (Phi) is 6.55. The standard InChI is InChI=1S/C20H23NO3/c1-15-10-11-18(13-16(15)2)20(23)24-14-19(22)21-12-6-9-17-7-4-3-5-8-17/h3-5,7-8,10-11,13H,6,9,12,14H2,1-2H3,(H,21,22). The molecule has 0 fully saturated rings. The van der Waals surface area contributed by atoms with Gasteiger partial charge in [0.25, 0.3) is 5.91 Å². The predicted octanol–water partition coefficient (Wildman–Crippen LogP) is 3.21. The van der Waals surface area contributed by atoms with Gasteiger partial charge in [0.2, 0.25) is 0 Å². The highest BCUT2D eigenvalue weighted by molar-refractivity contribution is 5.91. The number of rotatable bonds is 7. The Bertz CT molecular complexity index is 695. The maximum Gasteiger partial charge on any atom is 0.338 e. The second-order valence-corrected chi connectivity index (χ2v) is 5.81. The molecule has 1 N–H and O–H groups in total. The van der Waals surface area contributed by atoms with Crippen molar-refractivity contribution in [2.75, 3.05) is 13.2 Å². The molecule has 0 saturated heterocycles. The number of esters is 1. The van der Waals surface area contributed by atoms with Gasteiger partial charge in [-0.25, -0.2) is 4.79 Å². The van der Waals surface area contributed by atoms with Gasteiger partial charge in [0.15, 0.2) is 6.61 Å². The van der Waals surface area contributed by atoms with Crippen LogP contribution in [-0.2, 0) is 16.0 Å². The fourth-order valence-corrected chi connectivity index (χ4v) is 2.30. The highest BCUT2D eigenvalue weighted by atomic mass is 16.5. The molecule has 126 valence electrons. The van der Waals surface area contributed by atoms with Gasteiger partial charge in [-0.1, -0.05) is 36.4 Å². The van der Waals surface area contributed by atoms with Crippen LogP contribution in [0.4, 0.5) is 0 Å². The zero-order valence-electron chi connectivity index (χ0n) is 14.2. The molecule has 0 aliphatic rings. The molecule has 0 heterocycles. The summed E-state index contributed by atoms with van der Waals surface area (Å²) in [6, 6.07) is 15.5. The Morgan fingerprint density at radius 1 is 1.00 bits per heavy atom. The topological polar surface area (TPSA) is 55.4 Å². The largest absolute Gasteiger partial charge is 0.452 e. The van der Waals surface area contributed by atoms with Gasteiger partial charge in [0.05, 0.1) is 5.56 Å². The number of hydrogen-bond donors (Lipinski definition) is 1. The minimum Gasteiger partial charge on any atom is -0.452 e. The SMILES string of the molecule is Cc1ccc(C(=O)OCC(=O)NCCCc2ccccc2)cc1C. The number of benzene rings is 2. The fraction of sp³-hybridized carbons (Fsp3) is 0.300. The number of hydrogen-bond acceptors (Lipinski definition) is 3. The molecular formula is C20H23NO3. The van der Waals surface area contributed by atoms with Crippen molar-refractivity contribution in [1.82, 2.24) is 5.32 Å². The van der Waals surface area contributed by atoms with Crippen LogP contribution in [-0.4, -0.2) is 25.0 Å². The molecule has 24 heavy (non-hydrogen) atoms. The summed E-state index contributed by atoms with van der Waals surface area (Å²) in [5.74, 6) is -0.752. The maximum absolute atomic E-state index is 11.9. The molecule has 0 aromatic heterocycles. The third-order valence-corrected chi connectivity index (χ3v) is 3.88. The first kappa shape index (κ1) is 17.7. The third kappa shape index (κ3) is 5.54. The Hall–Kier alpha value is -2.62. The average molecular weight is 325 g/mol. The summed E-state index contributed by atoms with van der Waals surface area (Å²) in [7, 11) is 0. The molecule has 0 spiro atoms. The Morgan fingerprint density at radius 2 is 1.75 bits per heavy atom. The highest BCUT2D eigenvalue weighted by Gasteiger charge is 2.10. The second-order valence-electron chi connectivity index (χ2n) is 5.81. The number of carbonyl (C=O) groups is 2. The number of aryl methyl sites for hydroxylation is 3. The summed E-state index contributed by atoms with van der Waals surface area (Å²) < 4.78 is 5.05. The van der Waals surface area contributed by atoms with Gasteiger partial charge in [0.1, 0.15) is 0 Å². The summed E-state index contributed by atoms with van der Waals surface area (Å²) in [6.45, 7) is 4.23. The van der Waals surface area contributed by atoms with Crippen molar-refractivity contribution in [3.8, 4) is 0 Å². The summed E-state index contributed by atoms with van der Waals surface area (Å²) in [4.78, 5) is 23.6. The van der Waals surface area contributed by atoms with Crippen LogP contribution in [0.2, 0.25) is 0 Å². The van der Waals surface area contributed by atoms with Crippen LogP contribution in [0.3, 0.4) is 0 Å². The first-order valence-electron chi connectivity index (χ1n) is 8.11. The van der Waals surface area contributed by atoms with E-state index in [9.17, 15) is 9.59 Å². The first-order valence-corrected chi connectivity index (χ1v) is 8.11. The number of ether oxygens (including phenoxy) is 1. The quantitative estimate of drug-likeness (QED) is 0.628. The van der Waals surface area contributed by atoms with Crippen molar-refractivity contribution in [2.24, 2.45) is 0 Å². The van der Waals surface area contributed by atoms with Crippen LogP contribution >= 0.6 is 0 Å². The lowest BCUT2D eigenvalue weighted by atomic mass is 10.1. The van der Waals surface area contributed by atoms with Crippen LogP contribution in [0.5, 0.6) is 0 Å². The van der Waals surface area contributed by atoms with Crippen molar-refractivity contribution in [1.29, 1.82) is 0 Å². The summed E-state index contributed by atoms with van der Waals surface area (Å²) in [5.41, 5.74) is 3.85. The Balaban J connectivity index is 1.67. The van der Waals surface area contributed by atoms with Gasteiger partial charge in [-0.3, -0.25) is 4.79 Å². The van der Waals surface area contributed by atoms with E-state index in [1.807, 2.05) is 38.1 Å². The van der Waals surface area contributed by atoms with Crippen LogP contribution in [0.1, 0.15) is 33.5 Å². The van der Waals surface area contributed by atoms with Crippen molar-refractivity contribution in [3.05, 3.63) is 70.8 Å². The summed E-state index contributed by atoms with van der Waals surface area (Å²) in [6.07, 6.45) is 1.75. The summed E-state index contributed by atoms with van der Waals surface area (Å²) in [5, 5.41) is 2.76. The molecule has 0 saturated carbocycles. The van der Waals surface area contributed by atoms with E-state index in [4.69, 9.17) is 4.74 Å². The van der Waals surface area contributed by atoms with E-state index in [2.05, 4.69) is 17.4 Å². The van der Waals surface area contributed by atoms with Crippen LogP contribution in [0.25, 0.3) is 0 Å². The smallest absolute Gasteiger partial charge is 0.338 e. The molecule has 2 aromatic rings. The van der Waals surface area contributed by atoms with Gasteiger partial charge in [-0.15, -0.1) is 0 Å². The minimum absolute atomic E-state index is 0.253. The average Bonchev–Trinajstić information content (AvgIpc) is 2.60. The monoisotopic (exact) mass is 325 g/mol. The zero-order valence-corrected chi connectivity index (χ0v) is 14.2. The van der Waals surface area contributed by atoms with Gasteiger partial charge >= 0.3 is 5.97 Å². The van der Waals surface area contributed by atoms with Gasteiger partial charge < -0.3 is 10.1 Å². The van der Waals surface area contributed by atoms with E-state index in [0.717, 1.165) is 24.0 Å². The molecular weight excluding hydrogens is 302 g/mol. The van der Waals surface area contributed by atoms with Gasteiger partial charge in [-0.05, 0) is 55.5 Å². The van der Waals surface area contributed by atoms with E-state index in [1.165, 1.54) is 5.56 Å². The fourth-order valence-electron chi connectivity index (χ4n) is 2.30. The number of carbonyl (C=O) groups excluding carboxylic acids is 2. The molecule has 2 rings (SSSR count). The number of nitrogens with one attached hydrogen (secondary N) is 1.